The smallest absolute Gasteiger partial charge is 0.0837 e. The lowest BCUT2D eigenvalue weighted by molar-refractivity contribution is 0.606. The Bertz CT molecular complexity index is 546. The lowest BCUT2D eigenvalue weighted by Crippen LogP contribution is -2.21. The molecule has 1 N–H and O–H groups in total. The second kappa shape index (κ2) is 5.43. The van der Waals surface area contributed by atoms with Crippen LogP contribution in [0.2, 0.25) is 5.02 Å². The quantitative estimate of drug-likeness (QED) is 0.935. The van der Waals surface area contributed by atoms with Crippen molar-refractivity contribution in [3.63, 3.8) is 0 Å². The van der Waals surface area contributed by atoms with Gasteiger partial charge in [-0.05, 0) is 31.2 Å². The highest BCUT2D eigenvalue weighted by molar-refractivity contribution is 9.10. The van der Waals surface area contributed by atoms with Crippen molar-refractivity contribution in [1.29, 1.82) is 0 Å². The van der Waals surface area contributed by atoms with Gasteiger partial charge in [-0.25, -0.2) is 0 Å². The van der Waals surface area contributed by atoms with Crippen LogP contribution in [0.3, 0.4) is 0 Å². The third-order valence-electron chi connectivity index (χ3n) is 3.02. The van der Waals surface area contributed by atoms with E-state index in [0.29, 0.717) is 5.02 Å². The molecule has 1 aromatic carbocycles. The fourth-order valence-corrected chi connectivity index (χ4v) is 2.58. The highest BCUT2D eigenvalue weighted by Gasteiger charge is 2.19. The van der Waals surface area contributed by atoms with Gasteiger partial charge in [-0.1, -0.05) is 39.7 Å². The van der Waals surface area contributed by atoms with Gasteiger partial charge in [0.1, 0.15) is 0 Å². The molecule has 18 heavy (non-hydrogen) atoms. The summed E-state index contributed by atoms with van der Waals surface area (Å²) in [7, 11) is 3.82. The lowest BCUT2D eigenvalue weighted by atomic mass is 10.0. The Morgan fingerprint density at radius 3 is 2.67 bits per heavy atom. The number of halogens is 2. The van der Waals surface area contributed by atoms with Gasteiger partial charge in [-0.15, -0.1) is 0 Å². The van der Waals surface area contributed by atoms with Crippen molar-refractivity contribution in [3.8, 4) is 0 Å². The molecule has 0 aliphatic rings. The van der Waals surface area contributed by atoms with Crippen molar-refractivity contribution < 1.29 is 0 Å². The summed E-state index contributed by atoms with van der Waals surface area (Å²) in [4.78, 5) is 0. The van der Waals surface area contributed by atoms with E-state index in [1.54, 1.807) is 10.9 Å². The average molecular weight is 329 g/mol. The first-order valence-corrected chi connectivity index (χ1v) is 6.82. The Labute approximate surface area is 120 Å². The van der Waals surface area contributed by atoms with Gasteiger partial charge in [0.25, 0.3) is 0 Å². The molecule has 2 aromatic rings. The molecule has 96 valence electrons. The van der Waals surface area contributed by atoms with Gasteiger partial charge in [-0.2, -0.15) is 5.10 Å². The summed E-state index contributed by atoms with van der Waals surface area (Å²) in [5, 5.41) is 8.15. The van der Waals surface area contributed by atoms with E-state index in [1.807, 2.05) is 14.1 Å². The summed E-state index contributed by atoms with van der Waals surface area (Å²) in [6.07, 6.45) is 1.67. The van der Waals surface area contributed by atoms with E-state index in [0.717, 1.165) is 10.2 Å². The second-order valence-corrected chi connectivity index (χ2v) is 5.49. The van der Waals surface area contributed by atoms with E-state index in [4.69, 9.17) is 11.6 Å². The lowest BCUT2D eigenvalue weighted by Gasteiger charge is -2.18. The molecular weight excluding hydrogens is 314 g/mol. The Hall–Kier alpha value is -0.840. The molecule has 0 saturated carbocycles. The summed E-state index contributed by atoms with van der Waals surface area (Å²) in [6.45, 7) is 2.07. The van der Waals surface area contributed by atoms with Crippen molar-refractivity contribution >= 4 is 27.5 Å². The molecule has 0 fully saturated rings. The minimum Gasteiger partial charge on any atom is -0.308 e. The first-order chi connectivity index (χ1) is 8.54. The number of benzene rings is 1. The highest BCUT2D eigenvalue weighted by atomic mass is 79.9. The van der Waals surface area contributed by atoms with Crippen LogP contribution in [-0.4, -0.2) is 16.8 Å². The fraction of sp³-hybridized carbons (Fsp3) is 0.308. The molecule has 1 heterocycles. The molecule has 0 radical (unpaired) electrons. The van der Waals surface area contributed by atoms with Gasteiger partial charge in [0.05, 0.1) is 23.0 Å². The first kappa shape index (κ1) is 13.6. The Morgan fingerprint density at radius 2 is 2.17 bits per heavy atom. The largest absolute Gasteiger partial charge is 0.308 e. The van der Waals surface area contributed by atoms with E-state index in [-0.39, 0.29) is 6.04 Å². The van der Waals surface area contributed by atoms with Crippen molar-refractivity contribution in [1.82, 2.24) is 15.1 Å². The van der Waals surface area contributed by atoms with Crippen LogP contribution in [0.1, 0.15) is 22.9 Å². The molecule has 0 aliphatic heterocycles. The summed E-state index contributed by atoms with van der Waals surface area (Å²) in [6, 6.07) is 6.33. The number of nitrogens with one attached hydrogen (secondary N) is 1. The SMILES string of the molecule is CNC(c1ccc(Br)c(C)c1)c1c(Cl)cnn1C. The van der Waals surface area contributed by atoms with Crippen LogP contribution >= 0.6 is 27.5 Å². The number of hydrogen-bond acceptors (Lipinski definition) is 2. The van der Waals surface area contributed by atoms with E-state index in [2.05, 4.69) is 51.5 Å². The molecule has 0 aliphatic carbocycles. The molecule has 0 amide bonds. The zero-order valence-corrected chi connectivity index (χ0v) is 12.9. The predicted octanol–water partition coefficient (Wildman–Crippen LogP) is 3.45. The number of nitrogens with zero attached hydrogens (tertiary/aromatic N) is 2. The van der Waals surface area contributed by atoms with Gasteiger partial charge >= 0.3 is 0 Å². The number of aromatic nitrogens is 2. The molecule has 0 spiro atoms. The van der Waals surface area contributed by atoms with Gasteiger partial charge < -0.3 is 5.32 Å². The monoisotopic (exact) mass is 327 g/mol. The van der Waals surface area contributed by atoms with Crippen LogP contribution < -0.4 is 5.32 Å². The fourth-order valence-electron chi connectivity index (χ4n) is 2.05. The van der Waals surface area contributed by atoms with E-state index >= 15 is 0 Å². The first-order valence-electron chi connectivity index (χ1n) is 5.65. The molecule has 1 aromatic heterocycles. The normalized spacial score (nSPS) is 12.7. The van der Waals surface area contributed by atoms with E-state index in [9.17, 15) is 0 Å². The van der Waals surface area contributed by atoms with Crippen LogP contribution in [-0.2, 0) is 7.05 Å². The molecule has 1 atom stereocenters. The zero-order valence-electron chi connectivity index (χ0n) is 10.5. The van der Waals surface area contributed by atoms with Gasteiger partial charge in [0.15, 0.2) is 0 Å². The highest BCUT2D eigenvalue weighted by Crippen LogP contribution is 2.29. The Balaban J connectivity index is 2.48. The Kier molecular flexibility index (Phi) is 4.10. The number of aryl methyl sites for hydroxylation is 2. The molecule has 0 bridgehead atoms. The maximum Gasteiger partial charge on any atom is 0.0837 e. The van der Waals surface area contributed by atoms with Crippen LogP contribution in [0.25, 0.3) is 0 Å². The molecule has 3 nitrogen and oxygen atoms in total. The summed E-state index contributed by atoms with van der Waals surface area (Å²) in [5.41, 5.74) is 3.34. The van der Waals surface area contributed by atoms with Crippen LogP contribution in [0, 0.1) is 6.92 Å². The third-order valence-corrected chi connectivity index (χ3v) is 4.20. The van der Waals surface area contributed by atoms with Gasteiger partial charge in [0.2, 0.25) is 0 Å². The van der Waals surface area contributed by atoms with Crippen LogP contribution in [0.4, 0.5) is 0 Å². The maximum atomic E-state index is 6.21. The van der Waals surface area contributed by atoms with Gasteiger partial charge in [0, 0.05) is 11.5 Å². The van der Waals surface area contributed by atoms with Crippen molar-refractivity contribution in [2.75, 3.05) is 7.05 Å². The summed E-state index contributed by atoms with van der Waals surface area (Å²) in [5.74, 6) is 0. The van der Waals surface area contributed by atoms with Crippen molar-refractivity contribution in [2.45, 2.75) is 13.0 Å². The molecule has 0 saturated heterocycles. The van der Waals surface area contributed by atoms with Crippen LogP contribution in [0.15, 0.2) is 28.9 Å². The number of hydrogen-bond donors (Lipinski definition) is 1. The maximum absolute atomic E-state index is 6.21. The molecule has 1 unspecified atom stereocenters. The van der Waals surface area contributed by atoms with Crippen LogP contribution in [0.5, 0.6) is 0 Å². The minimum atomic E-state index is 0.0387. The standard InChI is InChI=1S/C13H15BrClN3/c1-8-6-9(4-5-10(8)14)12(16-2)13-11(15)7-17-18(13)3/h4-7,12,16H,1-3H3. The molecule has 5 heteroatoms. The molecular formula is C13H15BrClN3. The van der Waals surface area contributed by atoms with Crippen molar-refractivity contribution in [3.05, 3.63) is 50.7 Å². The number of rotatable bonds is 3. The third kappa shape index (κ3) is 2.46. The average Bonchev–Trinajstić information content (AvgIpc) is 2.66. The van der Waals surface area contributed by atoms with Crippen molar-refractivity contribution in [2.24, 2.45) is 7.05 Å². The summed E-state index contributed by atoms with van der Waals surface area (Å²) >= 11 is 9.72. The van der Waals surface area contributed by atoms with E-state index < -0.39 is 0 Å². The molecule has 2 rings (SSSR count). The topological polar surface area (TPSA) is 29.9 Å². The summed E-state index contributed by atoms with van der Waals surface area (Å²) < 4.78 is 2.91. The van der Waals surface area contributed by atoms with Gasteiger partial charge in [-0.3, -0.25) is 4.68 Å². The minimum absolute atomic E-state index is 0.0387. The Morgan fingerprint density at radius 1 is 1.44 bits per heavy atom. The second-order valence-electron chi connectivity index (χ2n) is 4.23. The zero-order chi connectivity index (χ0) is 13.3. The predicted molar refractivity (Wildman–Crippen MR) is 78.0 cm³/mol. The van der Waals surface area contributed by atoms with E-state index in [1.165, 1.54) is 11.1 Å².